The first-order valence-corrected chi connectivity index (χ1v) is 6.65. The number of aliphatic hydroxyl groups is 1. The SMILES string of the molecule is CC(C)(C)N(CC(=O)O)C(=O)N1CCCC(CO)C1. The molecule has 110 valence electrons. The van der Waals surface area contributed by atoms with E-state index in [9.17, 15) is 14.7 Å². The van der Waals surface area contributed by atoms with Crippen molar-refractivity contribution in [3.63, 3.8) is 0 Å². The van der Waals surface area contributed by atoms with Crippen molar-refractivity contribution < 1.29 is 19.8 Å². The third-order valence-electron chi connectivity index (χ3n) is 3.38. The van der Waals surface area contributed by atoms with E-state index in [-0.39, 0.29) is 25.1 Å². The zero-order valence-corrected chi connectivity index (χ0v) is 11.9. The van der Waals surface area contributed by atoms with Crippen LogP contribution in [0.1, 0.15) is 33.6 Å². The van der Waals surface area contributed by atoms with Gasteiger partial charge in [-0.25, -0.2) is 4.79 Å². The molecule has 0 aromatic carbocycles. The molecule has 1 fully saturated rings. The molecule has 1 heterocycles. The Kier molecular flexibility index (Phi) is 5.17. The van der Waals surface area contributed by atoms with Crippen molar-refractivity contribution in [2.24, 2.45) is 5.92 Å². The van der Waals surface area contributed by atoms with Crippen LogP contribution in [-0.4, -0.2) is 63.8 Å². The number of aliphatic hydroxyl groups excluding tert-OH is 1. The van der Waals surface area contributed by atoms with E-state index < -0.39 is 11.5 Å². The molecule has 1 saturated heterocycles. The highest BCUT2D eigenvalue weighted by molar-refractivity contribution is 5.81. The van der Waals surface area contributed by atoms with Gasteiger partial charge >= 0.3 is 12.0 Å². The standard InChI is InChI=1S/C13H24N2O4/c1-13(2,3)15(8-11(17)18)12(19)14-6-4-5-10(7-14)9-16/h10,16H,4-9H2,1-3H3,(H,17,18). The van der Waals surface area contributed by atoms with Crippen molar-refractivity contribution in [3.8, 4) is 0 Å². The van der Waals surface area contributed by atoms with Crippen LogP contribution in [0.25, 0.3) is 0 Å². The minimum absolute atomic E-state index is 0.0677. The van der Waals surface area contributed by atoms with E-state index in [1.54, 1.807) is 4.90 Å². The molecule has 6 heteroatoms. The lowest BCUT2D eigenvalue weighted by Crippen LogP contribution is -2.55. The molecule has 0 spiro atoms. The van der Waals surface area contributed by atoms with Crippen LogP contribution in [0.3, 0.4) is 0 Å². The van der Waals surface area contributed by atoms with Crippen molar-refractivity contribution in [1.29, 1.82) is 0 Å². The maximum Gasteiger partial charge on any atom is 0.323 e. The zero-order valence-electron chi connectivity index (χ0n) is 11.9. The smallest absolute Gasteiger partial charge is 0.323 e. The van der Waals surface area contributed by atoms with Crippen molar-refractivity contribution >= 4 is 12.0 Å². The normalized spacial score (nSPS) is 20.2. The molecule has 2 amide bonds. The van der Waals surface area contributed by atoms with Gasteiger partial charge in [-0.15, -0.1) is 0 Å². The van der Waals surface area contributed by atoms with Gasteiger partial charge in [-0.1, -0.05) is 0 Å². The van der Waals surface area contributed by atoms with Gasteiger partial charge in [0, 0.05) is 25.2 Å². The summed E-state index contributed by atoms with van der Waals surface area (Å²) in [5, 5.41) is 18.1. The highest BCUT2D eigenvalue weighted by atomic mass is 16.4. The number of likely N-dealkylation sites (tertiary alicyclic amines) is 1. The van der Waals surface area contributed by atoms with Gasteiger partial charge in [0.15, 0.2) is 0 Å². The largest absolute Gasteiger partial charge is 0.480 e. The quantitative estimate of drug-likeness (QED) is 0.803. The van der Waals surface area contributed by atoms with E-state index in [0.29, 0.717) is 13.1 Å². The van der Waals surface area contributed by atoms with Crippen LogP contribution < -0.4 is 0 Å². The Hall–Kier alpha value is -1.30. The lowest BCUT2D eigenvalue weighted by atomic mass is 9.99. The van der Waals surface area contributed by atoms with Crippen LogP contribution in [0.2, 0.25) is 0 Å². The number of rotatable bonds is 3. The Morgan fingerprint density at radius 3 is 2.47 bits per heavy atom. The van der Waals surface area contributed by atoms with Gasteiger partial charge in [0.05, 0.1) is 0 Å². The molecule has 2 N–H and O–H groups in total. The molecule has 0 aromatic rings. The average molecular weight is 272 g/mol. The number of carbonyl (C=O) groups excluding carboxylic acids is 1. The molecule has 19 heavy (non-hydrogen) atoms. The fourth-order valence-corrected chi connectivity index (χ4v) is 2.29. The minimum Gasteiger partial charge on any atom is -0.480 e. The molecular weight excluding hydrogens is 248 g/mol. The molecule has 1 atom stereocenters. The molecule has 0 saturated carbocycles. The van der Waals surface area contributed by atoms with Crippen LogP contribution >= 0.6 is 0 Å². The number of carboxylic acids is 1. The number of amides is 2. The summed E-state index contributed by atoms with van der Waals surface area (Å²) >= 11 is 0. The molecule has 1 unspecified atom stereocenters. The number of carboxylic acid groups (broad SMARTS) is 1. The summed E-state index contributed by atoms with van der Waals surface area (Å²) in [5.41, 5.74) is -0.540. The molecule has 0 aromatic heterocycles. The number of hydrogen-bond donors (Lipinski definition) is 2. The molecule has 0 radical (unpaired) electrons. The fraction of sp³-hybridized carbons (Fsp3) is 0.846. The van der Waals surface area contributed by atoms with Crippen LogP contribution in [0.5, 0.6) is 0 Å². The first kappa shape index (κ1) is 15.8. The summed E-state index contributed by atoms with van der Waals surface area (Å²) in [6.45, 7) is 6.36. The Labute approximate surface area is 114 Å². The molecule has 0 aliphatic carbocycles. The lowest BCUT2D eigenvalue weighted by Gasteiger charge is -2.41. The van der Waals surface area contributed by atoms with E-state index in [4.69, 9.17) is 5.11 Å². The third-order valence-corrected chi connectivity index (χ3v) is 3.38. The van der Waals surface area contributed by atoms with Gasteiger partial charge < -0.3 is 20.0 Å². The van der Waals surface area contributed by atoms with E-state index >= 15 is 0 Å². The van der Waals surface area contributed by atoms with Gasteiger partial charge in [-0.3, -0.25) is 4.79 Å². The number of piperidine rings is 1. The number of nitrogens with zero attached hydrogens (tertiary/aromatic N) is 2. The Bertz CT molecular complexity index is 338. The highest BCUT2D eigenvalue weighted by Crippen LogP contribution is 2.21. The lowest BCUT2D eigenvalue weighted by molar-refractivity contribution is -0.138. The Morgan fingerprint density at radius 1 is 1.37 bits per heavy atom. The second kappa shape index (κ2) is 6.23. The number of carbonyl (C=O) groups is 2. The summed E-state index contributed by atoms with van der Waals surface area (Å²) in [6, 6.07) is -0.256. The molecule has 6 nitrogen and oxygen atoms in total. The second-order valence-corrected chi connectivity index (χ2v) is 6.07. The van der Waals surface area contributed by atoms with Crippen molar-refractivity contribution in [1.82, 2.24) is 9.80 Å². The Balaban J connectivity index is 2.78. The fourth-order valence-electron chi connectivity index (χ4n) is 2.29. The van der Waals surface area contributed by atoms with Gasteiger partial charge in [0.2, 0.25) is 0 Å². The van der Waals surface area contributed by atoms with Crippen LogP contribution in [0.15, 0.2) is 0 Å². The first-order valence-electron chi connectivity index (χ1n) is 6.65. The summed E-state index contributed by atoms with van der Waals surface area (Å²) in [7, 11) is 0. The topological polar surface area (TPSA) is 81.1 Å². The van der Waals surface area contributed by atoms with Crippen molar-refractivity contribution in [2.45, 2.75) is 39.2 Å². The van der Waals surface area contributed by atoms with E-state index in [1.807, 2.05) is 20.8 Å². The molecule has 0 bridgehead atoms. The van der Waals surface area contributed by atoms with Crippen LogP contribution in [0, 0.1) is 5.92 Å². The van der Waals surface area contributed by atoms with Crippen LogP contribution in [0.4, 0.5) is 4.79 Å². The summed E-state index contributed by atoms with van der Waals surface area (Å²) in [5.74, 6) is -0.914. The summed E-state index contributed by atoms with van der Waals surface area (Å²) < 4.78 is 0. The van der Waals surface area contributed by atoms with Gasteiger partial charge in [0.1, 0.15) is 6.54 Å². The van der Waals surface area contributed by atoms with E-state index in [2.05, 4.69) is 0 Å². The number of hydrogen-bond acceptors (Lipinski definition) is 3. The highest BCUT2D eigenvalue weighted by Gasteiger charge is 2.33. The van der Waals surface area contributed by atoms with Gasteiger partial charge in [-0.05, 0) is 39.5 Å². The molecule has 1 rings (SSSR count). The summed E-state index contributed by atoms with van der Waals surface area (Å²) in [6.07, 6.45) is 1.76. The molecular formula is C13H24N2O4. The van der Waals surface area contributed by atoms with Crippen molar-refractivity contribution in [2.75, 3.05) is 26.2 Å². The first-order chi connectivity index (χ1) is 8.75. The van der Waals surface area contributed by atoms with E-state index in [0.717, 1.165) is 12.8 Å². The average Bonchev–Trinajstić information content (AvgIpc) is 2.33. The minimum atomic E-state index is -1.01. The van der Waals surface area contributed by atoms with Gasteiger partial charge in [-0.2, -0.15) is 0 Å². The molecule has 1 aliphatic rings. The number of urea groups is 1. The van der Waals surface area contributed by atoms with Gasteiger partial charge in [0.25, 0.3) is 0 Å². The predicted octanol–water partition coefficient (Wildman–Crippen LogP) is 0.996. The second-order valence-electron chi connectivity index (χ2n) is 6.07. The molecule has 1 aliphatic heterocycles. The summed E-state index contributed by atoms with van der Waals surface area (Å²) in [4.78, 5) is 26.4. The zero-order chi connectivity index (χ0) is 14.6. The number of aliphatic carboxylic acids is 1. The predicted molar refractivity (Wildman–Crippen MR) is 70.9 cm³/mol. The van der Waals surface area contributed by atoms with Crippen molar-refractivity contribution in [3.05, 3.63) is 0 Å². The third kappa shape index (κ3) is 4.38. The maximum absolute atomic E-state index is 12.4. The Morgan fingerprint density at radius 2 is 2.00 bits per heavy atom. The van der Waals surface area contributed by atoms with Crippen LogP contribution in [-0.2, 0) is 4.79 Å². The maximum atomic E-state index is 12.4. The van der Waals surface area contributed by atoms with E-state index in [1.165, 1.54) is 4.90 Å². The monoisotopic (exact) mass is 272 g/mol.